The number of cyclic esters (lactones) is 1. The molecule has 0 saturated carbocycles. The van der Waals surface area contributed by atoms with Crippen LogP contribution in [0.4, 0.5) is 0 Å². The highest BCUT2D eigenvalue weighted by atomic mass is 16.6. The van der Waals surface area contributed by atoms with Crippen LogP contribution in [-0.4, -0.2) is 23.3 Å². The minimum absolute atomic E-state index is 0.0171. The molecule has 0 radical (unpaired) electrons. The van der Waals surface area contributed by atoms with Crippen molar-refractivity contribution < 1.29 is 14.3 Å². The van der Waals surface area contributed by atoms with E-state index >= 15 is 0 Å². The highest BCUT2D eigenvalue weighted by molar-refractivity contribution is 5.89. The van der Waals surface area contributed by atoms with Gasteiger partial charge in [0, 0.05) is 12.5 Å². The largest absolute Gasteiger partial charge is 0.436 e. The molecule has 1 amide bonds. The molecule has 1 heterocycles. The molecule has 2 aromatic carbocycles. The van der Waals surface area contributed by atoms with Gasteiger partial charge in [0.05, 0.1) is 0 Å². The summed E-state index contributed by atoms with van der Waals surface area (Å²) in [5.74, 6) is -0.531. The summed E-state index contributed by atoms with van der Waals surface area (Å²) in [5, 5.41) is 2.06. The molecule has 1 saturated heterocycles. The van der Waals surface area contributed by atoms with Gasteiger partial charge in [0.2, 0.25) is 12.1 Å². The van der Waals surface area contributed by atoms with Crippen LogP contribution in [0.2, 0.25) is 0 Å². The number of esters is 1. The molecule has 1 atom stereocenters. The number of amides is 1. The van der Waals surface area contributed by atoms with Crippen molar-refractivity contribution in [2.75, 3.05) is 6.54 Å². The van der Waals surface area contributed by atoms with Gasteiger partial charge in [0.25, 0.3) is 0 Å². The van der Waals surface area contributed by atoms with Gasteiger partial charge in [-0.2, -0.15) is 0 Å². The summed E-state index contributed by atoms with van der Waals surface area (Å²) in [5.41, 5.74) is 0.846. The summed E-state index contributed by atoms with van der Waals surface area (Å²) in [6.45, 7) is 1.46. The standard InChI is InChI=1S/C15H13NO3/c1-10(17)16-9-14(18)19-15(16)13-8-4-6-11-5-2-3-7-12(11)13/h2-8,15H,9H2,1H3. The normalized spacial score (nSPS) is 18.7. The van der Waals surface area contributed by atoms with Crippen LogP contribution in [0.15, 0.2) is 42.5 Å². The molecule has 0 N–H and O–H groups in total. The zero-order valence-corrected chi connectivity index (χ0v) is 10.5. The molecule has 1 aliphatic rings. The average molecular weight is 255 g/mol. The fourth-order valence-corrected chi connectivity index (χ4v) is 2.42. The predicted octanol–water partition coefficient (Wildman–Crippen LogP) is 2.24. The summed E-state index contributed by atoms with van der Waals surface area (Å²) >= 11 is 0. The molecule has 0 bridgehead atoms. The van der Waals surface area contributed by atoms with Crippen molar-refractivity contribution in [2.24, 2.45) is 0 Å². The Balaban J connectivity index is 2.13. The van der Waals surface area contributed by atoms with Gasteiger partial charge in [-0.15, -0.1) is 0 Å². The molecule has 0 aromatic heterocycles. The number of carbonyl (C=O) groups excluding carboxylic acids is 2. The molecule has 1 unspecified atom stereocenters. The van der Waals surface area contributed by atoms with E-state index in [1.165, 1.54) is 11.8 Å². The van der Waals surface area contributed by atoms with Crippen LogP contribution in [0.25, 0.3) is 10.8 Å². The van der Waals surface area contributed by atoms with E-state index in [0.717, 1.165) is 16.3 Å². The summed E-state index contributed by atoms with van der Waals surface area (Å²) in [7, 11) is 0. The Hall–Kier alpha value is -2.36. The van der Waals surface area contributed by atoms with E-state index in [2.05, 4.69) is 0 Å². The average Bonchev–Trinajstić information content (AvgIpc) is 2.80. The Morgan fingerprint density at radius 3 is 2.74 bits per heavy atom. The van der Waals surface area contributed by atoms with Gasteiger partial charge in [0.1, 0.15) is 6.54 Å². The van der Waals surface area contributed by atoms with E-state index in [-0.39, 0.29) is 18.4 Å². The van der Waals surface area contributed by atoms with E-state index in [9.17, 15) is 9.59 Å². The van der Waals surface area contributed by atoms with Crippen molar-refractivity contribution in [3.05, 3.63) is 48.0 Å². The number of carbonyl (C=O) groups is 2. The minimum atomic E-state index is -0.615. The molecule has 4 heteroatoms. The van der Waals surface area contributed by atoms with Gasteiger partial charge < -0.3 is 4.74 Å². The van der Waals surface area contributed by atoms with Crippen LogP contribution in [0.5, 0.6) is 0 Å². The fourth-order valence-electron chi connectivity index (χ4n) is 2.42. The second-order valence-electron chi connectivity index (χ2n) is 4.56. The molecule has 2 aromatic rings. The van der Waals surface area contributed by atoms with E-state index in [0.29, 0.717) is 0 Å². The van der Waals surface area contributed by atoms with E-state index in [4.69, 9.17) is 4.74 Å². The first-order valence-corrected chi connectivity index (χ1v) is 6.11. The molecule has 1 fully saturated rings. The second-order valence-corrected chi connectivity index (χ2v) is 4.56. The number of ether oxygens (including phenoxy) is 1. The number of rotatable bonds is 1. The van der Waals surface area contributed by atoms with Gasteiger partial charge in [-0.3, -0.25) is 14.5 Å². The number of fused-ring (bicyclic) bond motifs is 1. The molecule has 3 rings (SSSR count). The van der Waals surface area contributed by atoms with E-state index in [1.807, 2.05) is 42.5 Å². The predicted molar refractivity (Wildman–Crippen MR) is 70.2 cm³/mol. The quantitative estimate of drug-likeness (QED) is 0.734. The summed E-state index contributed by atoms with van der Waals surface area (Å²) in [4.78, 5) is 24.5. The van der Waals surface area contributed by atoms with Crippen molar-refractivity contribution in [3.8, 4) is 0 Å². The van der Waals surface area contributed by atoms with Gasteiger partial charge in [0.15, 0.2) is 0 Å². The van der Waals surface area contributed by atoms with Gasteiger partial charge in [-0.25, -0.2) is 0 Å². The minimum Gasteiger partial charge on any atom is -0.436 e. The number of hydrogen-bond donors (Lipinski definition) is 0. The Morgan fingerprint density at radius 2 is 1.95 bits per heavy atom. The van der Waals surface area contributed by atoms with Crippen LogP contribution >= 0.6 is 0 Å². The topological polar surface area (TPSA) is 46.6 Å². The highest BCUT2D eigenvalue weighted by Gasteiger charge is 2.35. The fraction of sp³-hybridized carbons (Fsp3) is 0.200. The van der Waals surface area contributed by atoms with Gasteiger partial charge in [-0.1, -0.05) is 42.5 Å². The third-order valence-corrected chi connectivity index (χ3v) is 3.32. The molecular formula is C15H13NO3. The van der Waals surface area contributed by atoms with Crippen molar-refractivity contribution in [3.63, 3.8) is 0 Å². The Morgan fingerprint density at radius 1 is 1.21 bits per heavy atom. The zero-order valence-electron chi connectivity index (χ0n) is 10.5. The maximum absolute atomic E-state index is 11.6. The van der Waals surface area contributed by atoms with Crippen LogP contribution in [-0.2, 0) is 14.3 Å². The lowest BCUT2D eigenvalue weighted by Gasteiger charge is -2.21. The molecule has 19 heavy (non-hydrogen) atoms. The zero-order chi connectivity index (χ0) is 13.4. The Kier molecular flexibility index (Phi) is 2.71. The van der Waals surface area contributed by atoms with Crippen LogP contribution in [0, 0.1) is 0 Å². The second kappa shape index (κ2) is 4.39. The molecule has 0 aliphatic carbocycles. The molecule has 0 spiro atoms. The lowest BCUT2D eigenvalue weighted by Crippen LogP contribution is -2.29. The summed E-state index contributed by atoms with van der Waals surface area (Å²) in [6, 6.07) is 13.6. The van der Waals surface area contributed by atoms with E-state index in [1.54, 1.807) is 0 Å². The van der Waals surface area contributed by atoms with Crippen molar-refractivity contribution >= 4 is 22.6 Å². The van der Waals surface area contributed by atoms with E-state index < -0.39 is 6.23 Å². The first-order chi connectivity index (χ1) is 9.16. The third kappa shape index (κ3) is 1.95. The first-order valence-electron chi connectivity index (χ1n) is 6.11. The van der Waals surface area contributed by atoms with Crippen LogP contribution in [0.1, 0.15) is 18.7 Å². The Bertz CT molecular complexity index is 660. The lowest BCUT2D eigenvalue weighted by atomic mass is 10.0. The number of nitrogens with zero attached hydrogens (tertiary/aromatic N) is 1. The molecule has 96 valence electrons. The molecule has 1 aliphatic heterocycles. The van der Waals surface area contributed by atoms with Crippen molar-refractivity contribution in [1.29, 1.82) is 0 Å². The number of benzene rings is 2. The SMILES string of the molecule is CC(=O)N1CC(=O)OC1c1cccc2ccccc12. The van der Waals surface area contributed by atoms with Crippen molar-refractivity contribution in [2.45, 2.75) is 13.2 Å². The summed E-state index contributed by atoms with van der Waals surface area (Å²) < 4.78 is 5.30. The molecule has 4 nitrogen and oxygen atoms in total. The monoisotopic (exact) mass is 255 g/mol. The summed E-state index contributed by atoms with van der Waals surface area (Å²) in [6.07, 6.45) is -0.615. The number of hydrogen-bond acceptors (Lipinski definition) is 3. The van der Waals surface area contributed by atoms with Gasteiger partial charge >= 0.3 is 5.97 Å². The smallest absolute Gasteiger partial charge is 0.327 e. The van der Waals surface area contributed by atoms with Crippen LogP contribution < -0.4 is 0 Å². The lowest BCUT2D eigenvalue weighted by molar-refractivity contribution is -0.143. The highest BCUT2D eigenvalue weighted by Crippen LogP contribution is 2.32. The first kappa shape index (κ1) is 11.7. The van der Waals surface area contributed by atoms with Crippen molar-refractivity contribution in [1.82, 2.24) is 4.90 Å². The molecular weight excluding hydrogens is 242 g/mol. The Labute approximate surface area is 110 Å². The van der Waals surface area contributed by atoms with Gasteiger partial charge in [-0.05, 0) is 10.8 Å². The maximum atomic E-state index is 11.6. The van der Waals surface area contributed by atoms with Crippen LogP contribution in [0.3, 0.4) is 0 Å². The third-order valence-electron chi connectivity index (χ3n) is 3.32. The maximum Gasteiger partial charge on any atom is 0.327 e.